The van der Waals surface area contributed by atoms with Crippen LogP contribution in [0.2, 0.25) is 0 Å². The lowest BCUT2D eigenvalue weighted by molar-refractivity contribution is -0.136. The number of amides is 5. The molecule has 0 bridgehead atoms. The fourth-order valence-corrected chi connectivity index (χ4v) is 4.99. The number of ether oxygens (including phenoxy) is 1. The van der Waals surface area contributed by atoms with Crippen molar-refractivity contribution in [2.45, 2.75) is 63.5 Å². The summed E-state index contributed by atoms with van der Waals surface area (Å²) in [5.74, 6) is -1.56. The van der Waals surface area contributed by atoms with Gasteiger partial charge in [-0.05, 0) is 76.2 Å². The van der Waals surface area contributed by atoms with E-state index in [1.807, 2.05) is 0 Å². The number of hydrogen-bond donors (Lipinski definition) is 2. The van der Waals surface area contributed by atoms with Gasteiger partial charge in [0, 0.05) is 19.0 Å². The predicted octanol–water partition coefficient (Wildman–Crippen LogP) is 1.24. The Morgan fingerprint density at radius 2 is 1.83 bits per heavy atom. The van der Waals surface area contributed by atoms with E-state index in [1.165, 1.54) is 0 Å². The molecule has 0 aliphatic carbocycles. The molecule has 188 valence electrons. The minimum atomic E-state index is -0.971. The summed E-state index contributed by atoms with van der Waals surface area (Å²) < 4.78 is 5.82. The minimum absolute atomic E-state index is 0.0911. The standard InChI is InChI=1S/C25H32N4O6/c30-16-26-17-5-4-12-28(13-10-17)11-2-1-3-14-35-18-6-7-19-20(15-18)25(34)29(24(19)33)21-8-9-22(31)27-23(21)32/h6-7,15-17,21H,1-5,8-14H2,(H,26,30)(H,27,31,32). The van der Waals surface area contributed by atoms with Crippen molar-refractivity contribution in [2.24, 2.45) is 0 Å². The van der Waals surface area contributed by atoms with Gasteiger partial charge < -0.3 is 15.0 Å². The van der Waals surface area contributed by atoms with Gasteiger partial charge in [-0.25, -0.2) is 0 Å². The summed E-state index contributed by atoms with van der Waals surface area (Å²) in [6.45, 7) is 3.59. The van der Waals surface area contributed by atoms with Crippen molar-refractivity contribution in [1.29, 1.82) is 0 Å². The van der Waals surface area contributed by atoms with Gasteiger partial charge in [-0.3, -0.25) is 34.2 Å². The van der Waals surface area contributed by atoms with Gasteiger partial charge >= 0.3 is 0 Å². The van der Waals surface area contributed by atoms with E-state index < -0.39 is 29.7 Å². The van der Waals surface area contributed by atoms with Crippen molar-refractivity contribution in [3.8, 4) is 5.75 Å². The van der Waals surface area contributed by atoms with Crippen LogP contribution in [0.5, 0.6) is 5.75 Å². The Kier molecular flexibility index (Phi) is 8.12. The summed E-state index contributed by atoms with van der Waals surface area (Å²) in [4.78, 5) is 63.3. The Morgan fingerprint density at radius 3 is 2.63 bits per heavy atom. The summed E-state index contributed by atoms with van der Waals surface area (Å²) in [6, 6.07) is 4.10. The Hall–Kier alpha value is -3.27. The molecule has 2 atom stereocenters. The topological polar surface area (TPSA) is 125 Å². The molecule has 4 rings (SSSR count). The lowest BCUT2D eigenvalue weighted by atomic mass is 10.0. The zero-order valence-electron chi connectivity index (χ0n) is 19.8. The second-order valence-electron chi connectivity index (χ2n) is 9.32. The zero-order chi connectivity index (χ0) is 24.8. The molecule has 0 aromatic heterocycles. The largest absolute Gasteiger partial charge is 0.494 e. The average Bonchev–Trinajstić information content (AvgIpc) is 2.97. The number of benzene rings is 1. The molecular formula is C25H32N4O6. The lowest BCUT2D eigenvalue weighted by Gasteiger charge is -2.27. The zero-order valence-corrected chi connectivity index (χ0v) is 19.8. The van der Waals surface area contributed by atoms with Crippen LogP contribution in [0.25, 0.3) is 0 Å². The highest BCUT2D eigenvalue weighted by Gasteiger charge is 2.44. The third-order valence-electron chi connectivity index (χ3n) is 6.92. The monoisotopic (exact) mass is 484 g/mol. The van der Waals surface area contributed by atoms with Crippen molar-refractivity contribution < 1.29 is 28.7 Å². The second kappa shape index (κ2) is 11.4. The molecule has 2 saturated heterocycles. The summed E-state index contributed by atoms with van der Waals surface area (Å²) in [6.07, 6.45) is 7.08. The van der Waals surface area contributed by atoms with Gasteiger partial charge in [-0.2, -0.15) is 0 Å². The molecule has 0 spiro atoms. The van der Waals surface area contributed by atoms with Crippen LogP contribution in [0.1, 0.15) is 72.1 Å². The summed E-state index contributed by atoms with van der Waals surface area (Å²) in [5, 5.41) is 5.09. The molecule has 2 unspecified atom stereocenters. The third-order valence-corrected chi connectivity index (χ3v) is 6.92. The fourth-order valence-electron chi connectivity index (χ4n) is 4.99. The molecule has 10 heteroatoms. The van der Waals surface area contributed by atoms with E-state index in [0.29, 0.717) is 12.4 Å². The highest BCUT2D eigenvalue weighted by Crippen LogP contribution is 2.30. The van der Waals surface area contributed by atoms with Crippen molar-refractivity contribution in [1.82, 2.24) is 20.4 Å². The van der Waals surface area contributed by atoms with E-state index >= 15 is 0 Å². The van der Waals surface area contributed by atoms with Gasteiger partial charge in [0.2, 0.25) is 18.2 Å². The van der Waals surface area contributed by atoms with E-state index in [0.717, 1.165) is 69.5 Å². The molecule has 1 aromatic carbocycles. The quantitative estimate of drug-likeness (QED) is 0.291. The van der Waals surface area contributed by atoms with Crippen LogP contribution in [0.3, 0.4) is 0 Å². The van der Waals surface area contributed by atoms with Gasteiger partial charge in [0.05, 0.1) is 17.7 Å². The number of hydrogen-bond acceptors (Lipinski definition) is 7. The highest BCUT2D eigenvalue weighted by atomic mass is 16.5. The first-order valence-corrected chi connectivity index (χ1v) is 12.4. The molecule has 1 aromatic rings. The number of imide groups is 2. The number of likely N-dealkylation sites (tertiary alicyclic amines) is 1. The molecule has 2 N–H and O–H groups in total. The Morgan fingerprint density at radius 1 is 1.00 bits per heavy atom. The van der Waals surface area contributed by atoms with Crippen LogP contribution in [0.4, 0.5) is 0 Å². The smallest absolute Gasteiger partial charge is 0.262 e. The Labute approximate surface area is 204 Å². The van der Waals surface area contributed by atoms with Crippen LogP contribution >= 0.6 is 0 Å². The minimum Gasteiger partial charge on any atom is -0.494 e. The van der Waals surface area contributed by atoms with Crippen molar-refractivity contribution in [3.05, 3.63) is 29.3 Å². The van der Waals surface area contributed by atoms with Crippen LogP contribution in [0.15, 0.2) is 18.2 Å². The normalized spacial score (nSPS) is 23.0. The molecule has 3 aliphatic heterocycles. The van der Waals surface area contributed by atoms with E-state index in [-0.39, 0.29) is 30.0 Å². The van der Waals surface area contributed by atoms with Gasteiger partial charge in [-0.15, -0.1) is 0 Å². The molecule has 35 heavy (non-hydrogen) atoms. The first-order chi connectivity index (χ1) is 17.0. The Bertz CT molecular complexity index is 996. The third kappa shape index (κ3) is 5.87. The second-order valence-corrected chi connectivity index (χ2v) is 9.32. The molecule has 3 aliphatic rings. The molecule has 5 amide bonds. The van der Waals surface area contributed by atoms with Crippen molar-refractivity contribution in [3.63, 3.8) is 0 Å². The molecule has 0 saturated carbocycles. The van der Waals surface area contributed by atoms with Crippen LogP contribution in [-0.4, -0.2) is 78.2 Å². The number of piperidine rings is 1. The van der Waals surface area contributed by atoms with E-state index in [2.05, 4.69) is 15.5 Å². The SMILES string of the molecule is O=CNC1CCCN(CCCCCOc2ccc3c(c2)C(=O)N(C2CCC(=O)NC2=O)C3=O)CC1. The van der Waals surface area contributed by atoms with E-state index in [9.17, 15) is 24.0 Å². The van der Waals surface area contributed by atoms with Crippen molar-refractivity contribution in [2.75, 3.05) is 26.2 Å². The number of nitrogens with one attached hydrogen (secondary N) is 2. The highest BCUT2D eigenvalue weighted by molar-refractivity contribution is 6.23. The molecule has 0 radical (unpaired) electrons. The maximum absolute atomic E-state index is 12.9. The summed E-state index contributed by atoms with van der Waals surface area (Å²) in [5.41, 5.74) is 0.468. The van der Waals surface area contributed by atoms with E-state index in [4.69, 9.17) is 4.74 Å². The average molecular weight is 485 g/mol. The molecule has 3 heterocycles. The summed E-state index contributed by atoms with van der Waals surface area (Å²) >= 11 is 0. The maximum atomic E-state index is 12.9. The van der Waals surface area contributed by atoms with Crippen LogP contribution in [0, 0.1) is 0 Å². The molecular weight excluding hydrogens is 452 g/mol. The fraction of sp³-hybridized carbons (Fsp3) is 0.560. The van der Waals surface area contributed by atoms with Gasteiger partial charge in [0.1, 0.15) is 11.8 Å². The first kappa shape index (κ1) is 24.8. The maximum Gasteiger partial charge on any atom is 0.262 e. The van der Waals surface area contributed by atoms with E-state index in [1.54, 1.807) is 18.2 Å². The lowest BCUT2D eigenvalue weighted by Crippen LogP contribution is -2.54. The molecule has 10 nitrogen and oxygen atoms in total. The number of rotatable bonds is 10. The van der Waals surface area contributed by atoms with Gasteiger partial charge in [0.25, 0.3) is 11.8 Å². The van der Waals surface area contributed by atoms with Crippen molar-refractivity contribution >= 4 is 30.0 Å². The Balaban J connectivity index is 1.21. The number of nitrogens with zero attached hydrogens (tertiary/aromatic N) is 2. The van der Waals surface area contributed by atoms with Crippen LogP contribution in [-0.2, 0) is 14.4 Å². The number of carbonyl (C=O) groups is 5. The number of unbranched alkanes of at least 4 members (excludes halogenated alkanes) is 2. The van der Waals surface area contributed by atoms with Gasteiger partial charge in [0.15, 0.2) is 0 Å². The molecule has 2 fully saturated rings. The number of carbonyl (C=O) groups excluding carboxylic acids is 5. The van der Waals surface area contributed by atoms with Gasteiger partial charge in [-0.1, -0.05) is 0 Å². The van der Waals surface area contributed by atoms with Crippen LogP contribution < -0.4 is 15.4 Å². The summed E-state index contributed by atoms with van der Waals surface area (Å²) in [7, 11) is 0. The first-order valence-electron chi connectivity index (χ1n) is 12.4. The number of fused-ring (bicyclic) bond motifs is 1. The predicted molar refractivity (Wildman–Crippen MR) is 126 cm³/mol.